The van der Waals surface area contributed by atoms with Gasteiger partial charge in [-0.1, -0.05) is 23.7 Å². The first-order valence-corrected chi connectivity index (χ1v) is 6.82. The van der Waals surface area contributed by atoms with Gasteiger partial charge in [0, 0.05) is 5.56 Å². The van der Waals surface area contributed by atoms with E-state index in [-0.39, 0.29) is 6.61 Å². The van der Waals surface area contributed by atoms with Crippen LogP contribution in [0, 0.1) is 5.82 Å². The molecule has 0 unspecified atom stereocenters. The van der Waals surface area contributed by atoms with Crippen molar-refractivity contribution in [2.75, 3.05) is 6.61 Å². The fourth-order valence-corrected chi connectivity index (χ4v) is 1.95. The Balaban J connectivity index is 2.06. The van der Waals surface area contributed by atoms with Crippen LogP contribution in [0.4, 0.5) is 4.39 Å². The Hall–Kier alpha value is -2.07. The molecule has 5 heteroatoms. The molecule has 0 amide bonds. The van der Waals surface area contributed by atoms with Crippen LogP contribution in [0.2, 0.25) is 5.02 Å². The van der Waals surface area contributed by atoms with Gasteiger partial charge in [-0.2, -0.15) is 0 Å². The summed E-state index contributed by atoms with van der Waals surface area (Å²) in [4.78, 5) is 11.6. The minimum absolute atomic E-state index is 0.186. The average Bonchev–Trinajstić information content (AvgIpc) is 2.47. The van der Waals surface area contributed by atoms with Gasteiger partial charge in [0.15, 0.2) is 0 Å². The van der Waals surface area contributed by atoms with E-state index in [1.807, 2.05) is 0 Å². The standard InChI is InChI=1S/C16H14ClFO3/c1-2-20-16(19)11-4-3-5-14(8-11)21-10-12-6-7-13(18)9-15(12)17/h3-9H,2,10H2,1H3. The molecule has 0 aliphatic carbocycles. The number of esters is 1. The molecule has 2 aromatic carbocycles. The lowest BCUT2D eigenvalue weighted by Crippen LogP contribution is -2.05. The summed E-state index contributed by atoms with van der Waals surface area (Å²) in [6.07, 6.45) is 0. The molecule has 0 aliphatic heterocycles. The van der Waals surface area contributed by atoms with Crippen molar-refractivity contribution < 1.29 is 18.7 Å². The van der Waals surface area contributed by atoms with Gasteiger partial charge in [0.2, 0.25) is 0 Å². The Kier molecular flexibility index (Phi) is 5.17. The van der Waals surface area contributed by atoms with Crippen LogP contribution < -0.4 is 4.74 Å². The number of benzene rings is 2. The third-order valence-electron chi connectivity index (χ3n) is 2.75. The SMILES string of the molecule is CCOC(=O)c1cccc(OCc2ccc(F)cc2Cl)c1. The van der Waals surface area contributed by atoms with E-state index in [0.717, 1.165) is 0 Å². The molecule has 2 aromatic rings. The van der Waals surface area contributed by atoms with Crippen LogP contribution >= 0.6 is 11.6 Å². The van der Waals surface area contributed by atoms with Gasteiger partial charge in [0.25, 0.3) is 0 Å². The molecule has 0 atom stereocenters. The lowest BCUT2D eigenvalue weighted by atomic mass is 10.2. The quantitative estimate of drug-likeness (QED) is 0.775. The number of halogens is 2. The van der Waals surface area contributed by atoms with E-state index in [2.05, 4.69) is 0 Å². The largest absolute Gasteiger partial charge is 0.489 e. The number of rotatable bonds is 5. The summed E-state index contributed by atoms with van der Waals surface area (Å²) in [6.45, 7) is 2.25. The fourth-order valence-electron chi connectivity index (χ4n) is 1.73. The van der Waals surface area contributed by atoms with Gasteiger partial charge in [-0.3, -0.25) is 0 Å². The van der Waals surface area contributed by atoms with Crippen molar-refractivity contribution in [3.8, 4) is 5.75 Å². The molecular formula is C16H14ClFO3. The van der Waals surface area contributed by atoms with Crippen molar-refractivity contribution >= 4 is 17.6 Å². The predicted octanol–water partition coefficient (Wildman–Crippen LogP) is 4.23. The summed E-state index contributed by atoms with van der Waals surface area (Å²) in [7, 11) is 0. The summed E-state index contributed by atoms with van der Waals surface area (Å²) in [5, 5.41) is 0.302. The van der Waals surface area contributed by atoms with Gasteiger partial charge in [0.05, 0.1) is 17.2 Å². The van der Waals surface area contributed by atoms with Crippen molar-refractivity contribution in [1.82, 2.24) is 0 Å². The Morgan fingerprint density at radius 3 is 2.76 bits per heavy atom. The molecule has 0 saturated carbocycles. The van der Waals surface area contributed by atoms with E-state index in [4.69, 9.17) is 21.1 Å². The van der Waals surface area contributed by atoms with Crippen LogP contribution in [0.25, 0.3) is 0 Å². The smallest absolute Gasteiger partial charge is 0.338 e. The second-order valence-corrected chi connectivity index (χ2v) is 4.68. The molecule has 0 saturated heterocycles. The zero-order valence-electron chi connectivity index (χ0n) is 11.4. The summed E-state index contributed by atoms with van der Waals surface area (Å²) < 4.78 is 23.4. The molecule has 3 nitrogen and oxygen atoms in total. The summed E-state index contributed by atoms with van der Waals surface area (Å²) in [6, 6.07) is 10.8. The molecular weight excluding hydrogens is 295 g/mol. The Morgan fingerprint density at radius 2 is 2.05 bits per heavy atom. The van der Waals surface area contributed by atoms with E-state index in [0.29, 0.717) is 28.5 Å². The highest BCUT2D eigenvalue weighted by Gasteiger charge is 2.08. The maximum atomic E-state index is 12.9. The minimum atomic E-state index is -0.400. The molecule has 21 heavy (non-hydrogen) atoms. The van der Waals surface area contributed by atoms with Crippen LogP contribution in [0.3, 0.4) is 0 Å². The van der Waals surface area contributed by atoms with Gasteiger partial charge in [0.1, 0.15) is 18.2 Å². The van der Waals surface area contributed by atoms with Crippen molar-refractivity contribution in [2.45, 2.75) is 13.5 Å². The molecule has 0 heterocycles. The second kappa shape index (κ2) is 7.09. The van der Waals surface area contributed by atoms with Gasteiger partial charge in [-0.15, -0.1) is 0 Å². The predicted molar refractivity (Wildman–Crippen MR) is 78.1 cm³/mol. The topological polar surface area (TPSA) is 35.5 Å². The van der Waals surface area contributed by atoms with Crippen molar-refractivity contribution in [2.24, 2.45) is 0 Å². The number of hydrogen-bond donors (Lipinski definition) is 0. The Bertz CT molecular complexity index is 643. The van der Waals surface area contributed by atoms with Crippen molar-refractivity contribution in [1.29, 1.82) is 0 Å². The maximum absolute atomic E-state index is 12.9. The number of carbonyl (C=O) groups is 1. The summed E-state index contributed by atoms with van der Waals surface area (Å²) in [5.41, 5.74) is 1.08. The zero-order valence-corrected chi connectivity index (χ0v) is 12.2. The third kappa shape index (κ3) is 4.20. The van der Waals surface area contributed by atoms with Crippen LogP contribution in [0.1, 0.15) is 22.8 Å². The van der Waals surface area contributed by atoms with Crippen LogP contribution in [0.5, 0.6) is 5.75 Å². The molecule has 0 N–H and O–H groups in total. The van der Waals surface area contributed by atoms with Crippen molar-refractivity contribution in [3.05, 3.63) is 64.4 Å². The van der Waals surface area contributed by atoms with Gasteiger partial charge in [-0.25, -0.2) is 9.18 Å². The molecule has 0 radical (unpaired) electrons. The lowest BCUT2D eigenvalue weighted by Gasteiger charge is -2.09. The average molecular weight is 309 g/mol. The Morgan fingerprint density at radius 1 is 1.24 bits per heavy atom. The lowest BCUT2D eigenvalue weighted by molar-refractivity contribution is 0.0526. The molecule has 0 spiro atoms. The first kappa shape index (κ1) is 15.3. The molecule has 0 bridgehead atoms. The van der Waals surface area contributed by atoms with E-state index in [9.17, 15) is 9.18 Å². The summed E-state index contributed by atoms with van der Waals surface area (Å²) in [5.74, 6) is -0.281. The van der Waals surface area contributed by atoms with E-state index in [1.165, 1.54) is 12.1 Å². The van der Waals surface area contributed by atoms with Crippen LogP contribution in [-0.4, -0.2) is 12.6 Å². The van der Waals surface area contributed by atoms with Gasteiger partial charge >= 0.3 is 5.97 Å². The molecule has 0 fully saturated rings. The highest BCUT2D eigenvalue weighted by molar-refractivity contribution is 6.31. The highest BCUT2D eigenvalue weighted by Crippen LogP contribution is 2.21. The highest BCUT2D eigenvalue weighted by atomic mass is 35.5. The van der Waals surface area contributed by atoms with E-state index < -0.39 is 11.8 Å². The minimum Gasteiger partial charge on any atom is -0.489 e. The first-order valence-electron chi connectivity index (χ1n) is 6.44. The number of carbonyl (C=O) groups excluding carboxylic acids is 1. The third-order valence-corrected chi connectivity index (χ3v) is 3.11. The second-order valence-electron chi connectivity index (χ2n) is 4.27. The molecule has 0 aromatic heterocycles. The van der Waals surface area contributed by atoms with Crippen LogP contribution in [-0.2, 0) is 11.3 Å². The molecule has 2 rings (SSSR count). The monoisotopic (exact) mass is 308 g/mol. The van der Waals surface area contributed by atoms with Gasteiger partial charge < -0.3 is 9.47 Å². The number of ether oxygens (including phenoxy) is 2. The summed E-state index contributed by atoms with van der Waals surface area (Å²) >= 11 is 5.92. The van der Waals surface area contributed by atoms with E-state index >= 15 is 0 Å². The van der Waals surface area contributed by atoms with Crippen molar-refractivity contribution in [3.63, 3.8) is 0 Å². The van der Waals surface area contributed by atoms with E-state index in [1.54, 1.807) is 37.3 Å². The number of hydrogen-bond acceptors (Lipinski definition) is 3. The molecule has 0 aliphatic rings. The fraction of sp³-hybridized carbons (Fsp3) is 0.188. The van der Waals surface area contributed by atoms with Crippen LogP contribution in [0.15, 0.2) is 42.5 Å². The normalized spacial score (nSPS) is 10.2. The Labute approximate surface area is 127 Å². The first-order chi connectivity index (χ1) is 10.1. The maximum Gasteiger partial charge on any atom is 0.338 e. The zero-order chi connectivity index (χ0) is 15.2. The van der Waals surface area contributed by atoms with Gasteiger partial charge in [-0.05, 0) is 37.3 Å². The molecule has 110 valence electrons.